The molecule has 0 rings (SSSR count). The van der Waals surface area contributed by atoms with Crippen LogP contribution < -0.4 is 0 Å². The van der Waals surface area contributed by atoms with Gasteiger partial charge in [-0.25, -0.2) is 0 Å². The van der Waals surface area contributed by atoms with Gasteiger partial charge >= 0.3 is 0 Å². The van der Waals surface area contributed by atoms with Crippen molar-refractivity contribution >= 4 is 0 Å². The van der Waals surface area contributed by atoms with Crippen LogP contribution in [0.5, 0.6) is 0 Å². The molecule has 0 spiro atoms. The molecule has 0 heterocycles. The maximum absolute atomic E-state index is 8.97. The van der Waals surface area contributed by atoms with Crippen molar-refractivity contribution in [3.63, 3.8) is 0 Å². The minimum Gasteiger partial charge on any atom is -0.396 e. The molecule has 4 heteroatoms. The third-order valence-electron chi connectivity index (χ3n) is 1.81. The molecule has 0 radical (unpaired) electrons. The topological polar surface area (TPSA) is 52.9 Å². The second-order valence-electron chi connectivity index (χ2n) is 3.86. The molecular weight excluding hydrogens is 182 g/mol. The summed E-state index contributed by atoms with van der Waals surface area (Å²) >= 11 is 0. The Labute approximate surface area is 86.5 Å². The van der Waals surface area contributed by atoms with Gasteiger partial charge in [-0.2, -0.15) is 0 Å². The van der Waals surface area contributed by atoms with E-state index in [4.69, 9.17) is 14.9 Å². The Hall–Kier alpha value is -0.160. The molecule has 0 aliphatic rings. The van der Waals surface area contributed by atoms with Crippen LogP contribution in [0.15, 0.2) is 0 Å². The van der Waals surface area contributed by atoms with Gasteiger partial charge < -0.3 is 14.9 Å². The zero-order valence-electron chi connectivity index (χ0n) is 9.28. The van der Waals surface area contributed by atoms with Crippen LogP contribution in [0.4, 0.5) is 0 Å². The summed E-state index contributed by atoms with van der Waals surface area (Å²) in [5, 5.41) is 17.6. The highest BCUT2D eigenvalue weighted by Gasteiger charge is 2.03. The van der Waals surface area contributed by atoms with Gasteiger partial charge in [0.25, 0.3) is 0 Å². The monoisotopic (exact) mass is 205 g/mol. The lowest BCUT2D eigenvalue weighted by Gasteiger charge is -2.19. The molecule has 0 aromatic carbocycles. The lowest BCUT2D eigenvalue weighted by Crippen LogP contribution is -2.29. The first-order valence-corrected chi connectivity index (χ1v) is 5.22. The van der Waals surface area contributed by atoms with Crippen LogP contribution in [0.2, 0.25) is 0 Å². The Morgan fingerprint density at radius 2 is 1.93 bits per heavy atom. The maximum Gasteiger partial charge on any atom is 0.101 e. The highest BCUT2D eigenvalue weighted by atomic mass is 16.5. The number of hydrogen-bond acceptors (Lipinski definition) is 4. The molecule has 4 nitrogen and oxygen atoms in total. The first-order chi connectivity index (χ1) is 6.70. The number of aliphatic hydroxyl groups excluding tert-OH is 2. The fraction of sp³-hybridized carbons (Fsp3) is 1.00. The Balaban J connectivity index is 3.38. The number of aliphatic hydroxyl groups is 2. The summed E-state index contributed by atoms with van der Waals surface area (Å²) in [5.74, 6) is 0.521. The minimum atomic E-state index is 0.0174. The van der Waals surface area contributed by atoms with Crippen LogP contribution in [-0.2, 0) is 4.74 Å². The molecule has 14 heavy (non-hydrogen) atoms. The lowest BCUT2D eigenvalue weighted by molar-refractivity contribution is -0.0252. The Bertz CT molecular complexity index is 120. The van der Waals surface area contributed by atoms with Gasteiger partial charge in [0.15, 0.2) is 0 Å². The number of rotatable bonds is 9. The number of hydrogen-bond donors (Lipinski definition) is 2. The van der Waals surface area contributed by atoms with E-state index in [1.165, 1.54) is 0 Å². The van der Waals surface area contributed by atoms with Gasteiger partial charge in [0.05, 0.1) is 13.3 Å². The first-order valence-electron chi connectivity index (χ1n) is 5.22. The lowest BCUT2D eigenvalue weighted by atomic mass is 10.2. The van der Waals surface area contributed by atoms with Gasteiger partial charge in [-0.05, 0) is 18.8 Å². The first kappa shape index (κ1) is 13.8. The van der Waals surface area contributed by atoms with E-state index in [1.807, 2.05) is 4.90 Å². The molecule has 0 aromatic heterocycles. The summed E-state index contributed by atoms with van der Waals surface area (Å²) in [6.07, 6.45) is 1.67. The van der Waals surface area contributed by atoms with E-state index in [9.17, 15) is 0 Å². The fourth-order valence-electron chi connectivity index (χ4n) is 1.04. The number of ether oxygens (including phenoxy) is 1. The van der Waals surface area contributed by atoms with E-state index in [0.29, 0.717) is 12.6 Å². The van der Waals surface area contributed by atoms with Crippen LogP contribution in [0.3, 0.4) is 0 Å². The standard InChI is InChI=1S/C10H23NO3/c1-10(2)7-14-9-11(8-13)5-3-4-6-12/h10,12-13H,3-9H2,1-2H3. The third-order valence-corrected chi connectivity index (χ3v) is 1.81. The molecule has 0 aromatic rings. The van der Waals surface area contributed by atoms with Gasteiger partial charge in [-0.1, -0.05) is 13.8 Å². The van der Waals surface area contributed by atoms with Crippen LogP contribution >= 0.6 is 0 Å². The zero-order chi connectivity index (χ0) is 10.8. The molecule has 0 aliphatic carbocycles. The van der Waals surface area contributed by atoms with Crippen LogP contribution in [-0.4, -0.2) is 48.3 Å². The zero-order valence-corrected chi connectivity index (χ0v) is 9.28. The highest BCUT2D eigenvalue weighted by Crippen LogP contribution is 1.97. The van der Waals surface area contributed by atoms with E-state index in [1.54, 1.807) is 0 Å². The largest absolute Gasteiger partial charge is 0.396 e. The molecule has 86 valence electrons. The van der Waals surface area contributed by atoms with Crippen molar-refractivity contribution in [3.05, 3.63) is 0 Å². The molecule has 0 fully saturated rings. The Morgan fingerprint density at radius 3 is 2.43 bits per heavy atom. The van der Waals surface area contributed by atoms with Gasteiger partial charge in [0.2, 0.25) is 0 Å². The van der Waals surface area contributed by atoms with Crippen molar-refractivity contribution in [2.45, 2.75) is 26.7 Å². The Morgan fingerprint density at radius 1 is 1.21 bits per heavy atom. The van der Waals surface area contributed by atoms with Crippen molar-refractivity contribution in [1.82, 2.24) is 4.90 Å². The quantitative estimate of drug-likeness (QED) is 0.428. The molecule has 0 aliphatic heterocycles. The van der Waals surface area contributed by atoms with Crippen molar-refractivity contribution < 1.29 is 14.9 Å². The van der Waals surface area contributed by atoms with Crippen molar-refractivity contribution in [2.24, 2.45) is 5.92 Å². The molecular formula is C10H23NO3. The third kappa shape index (κ3) is 8.44. The predicted molar refractivity (Wildman–Crippen MR) is 55.8 cm³/mol. The Kier molecular flexibility index (Phi) is 9.29. The number of unbranched alkanes of at least 4 members (excludes halogenated alkanes) is 1. The van der Waals surface area contributed by atoms with E-state index < -0.39 is 0 Å². The highest BCUT2D eigenvalue weighted by molar-refractivity contribution is 4.48. The second kappa shape index (κ2) is 9.40. The SMILES string of the molecule is CC(C)COCN(CO)CCCCO. The summed E-state index contributed by atoms with van der Waals surface area (Å²) < 4.78 is 5.38. The summed E-state index contributed by atoms with van der Waals surface area (Å²) in [4.78, 5) is 1.82. The van der Waals surface area contributed by atoms with Crippen molar-refractivity contribution in [3.8, 4) is 0 Å². The summed E-state index contributed by atoms with van der Waals surface area (Å²) in [6.45, 7) is 6.38. The molecule has 0 unspecified atom stereocenters. The van der Waals surface area contributed by atoms with E-state index in [0.717, 1.165) is 26.0 Å². The average molecular weight is 205 g/mol. The molecule has 0 bridgehead atoms. The van der Waals surface area contributed by atoms with Crippen LogP contribution in [0.1, 0.15) is 26.7 Å². The number of nitrogens with zero attached hydrogens (tertiary/aromatic N) is 1. The molecule has 0 atom stereocenters. The van der Waals surface area contributed by atoms with Crippen LogP contribution in [0, 0.1) is 5.92 Å². The smallest absolute Gasteiger partial charge is 0.101 e. The molecule has 0 saturated heterocycles. The van der Waals surface area contributed by atoms with Crippen molar-refractivity contribution in [2.75, 3.05) is 33.2 Å². The summed E-state index contributed by atoms with van der Waals surface area (Å²) in [5.41, 5.74) is 0. The summed E-state index contributed by atoms with van der Waals surface area (Å²) in [6, 6.07) is 0. The average Bonchev–Trinajstić information content (AvgIpc) is 2.15. The normalized spacial score (nSPS) is 11.6. The van der Waals surface area contributed by atoms with E-state index in [-0.39, 0.29) is 13.3 Å². The van der Waals surface area contributed by atoms with E-state index >= 15 is 0 Å². The molecule has 0 saturated carbocycles. The van der Waals surface area contributed by atoms with E-state index in [2.05, 4.69) is 13.8 Å². The summed E-state index contributed by atoms with van der Waals surface area (Å²) in [7, 11) is 0. The van der Waals surface area contributed by atoms with Crippen LogP contribution in [0.25, 0.3) is 0 Å². The maximum atomic E-state index is 8.97. The van der Waals surface area contributed by atoms with Crippen molar-refractivity contribution in [1.29, 1.82) is 0 Å². The minimum absolute atomic E-state index is 0.0174. The predicted octanol–water partition coefficient (Wildman–Crippen LogP) is 0.641. The van der Waals surface area contributed by atoms with Gasteiger partial charge in [-0.3, -0.25) is 4.90 Å². The molecule has 0 amide bonds. The second-order valence-corrected chi connectivity index (χ2v) is 3.86. The molecule has 2 N–H and O–H groups in total. The van der Waals surface area contributed by atoms with Gasteiger partial charge in [0.1, 0.15) is 6.73 Å². The van der Waals surface area contributed by atoms with Gasteiger partial charge in [0, 0.05) is 13.2 Å². The fourth-order valence-corrected chi connectivity index (χ4v) is 1.04. The van der Waals surface area contributed by atoms with Gasteiger partial charge in [-0.15, -0.1) is 0 Å².